The van der Waals surface area contributed by atoms with Gasteiger partial charge in [0.25, 0.3) is 0 Å². The lowest BCUT2D eigenvalue weighted by Gasteiger charge is -2.08. The predicted octanol–water partition coefficient (Wildman–Crippen LogP) is 2.90. The standard InChI is InChI=1S/C12H11FN2O/c1-8-7-15-5-4-11(8)16-12-3-2-9(14)6-10(12)13/h2-7H,14H2,1H3. The number of hydrogen-bond donors (Lipinski definition) is 1. The zero-order valence-corrected chi connectivity index (χ0v) is 8.77. The van der Waals surface area contributed by atoms with Crippen LogP contribution in [0.25, 0.3) is 0 Å². The third-order valence-electron chi connectivity index (χ3n) is 2.14. The summed E-state index contributed by atoms with van der Waals surface area (Å²) in [5, 5.41) is 0. The van der Waals surface area contributed by atoms with E-state index in [1.54, 1.807) is 24.5 Å². The smallest absolute Gasteiger partial charge is 0.167 e. The molecule has 0 fully saturated rings. The van der Waals surface area contributed by atoms with Crippen LogP contribution in [0.1, 0.15) is 5.56 Å². The molecule has 2 rings (SSSR count). The summed E-state index contributed by atoms with van der Waals surface area (Å²) in [6, 6.07) is 6.01. The van der Waals surface area contributed by atoms with Gasteiger partial charge in [-0.25, -0.2) is 4.39 Å². The lowest BCUT2D eigenvalue weighted by atomic mass is 10.2. The van der Waals surface area contributed by atoms with Crippen LogP contribution < -0.4 is 10.5 Å². The molecule has 4 heteroatoms. The first-order chi connectivity index (χ1) is 7.66. The van der Waals surface area contributed by atoms with Crippen LogP contribution >= 0.6 is 0 Å². The number of hydrogen-bond acceptors (Lipinski definition) is 3. The van der Waals surface area contributed by atoms with Gasteiger partial charge in [0.1, 0.15) is 5.75 Å². The third-order valence-corrected chi connectivity index (χ3v) is 2.14. The highest BCUT2D eigenvalue weighted by molar-refractivity contribution is 5.44. The molecule has 0 aliphatic carbocycles. The highest BCUT2D eigenvalue weighted by Gasteiger charge is 2.06. The molecule has 1 heterocycles. The fourth-order valence-corrected chi connectivity index (χ4v) is 1.29. The van der Waals surface area contributed by atoms with E-state index in [2.05, 4.69) is 4.98 Å². The van der Waals surface area contributed by atoms with E-state index in [4.69, 9.17) is 10.5 Å². The predicted molar refractivity (Wildman–Crippen MR) is 59.9 cm³/mol. The Kier molecular flexibility index (Phi) is 2.72. The van der Waals surface area contributed by atoms with Crippen molar-refractivity contribution >= 4 is 5.69 Å². The summed E-state index contributed by atoms with van der Waals surface area (Å²) >= 11 is 0. The first kappa shape index (κ1) is 10.4. The van der Waals surface area contributed by atoms with Crippen molar-refractivity contribution in [1.29, 1.82) is 0 Å². The Hall–Kier alpha value is -2.10. The summed E-state index contributed by atoms with van der Waals surface area (Å²) < 4.78 is 18.9. The van der Waals surface area contributed by atoms with E-state index in [1.807, 2.05) is 6.92 Å². The van der Waals surface area contributed by atoms with Crippen LogP contribution in [0.3, 0.4) is 0 Å². The number of ether oxygens (including phenoxy) is 1. The summed E-state index contributed by atoms with van der Waals surface area (Å²) in [5.74, 6) is 0.262. The van der Waals surface area contributed by atoms with Gasteiger partial charge in [-0.2, -0.15) is 0 Å². The Morgan fingerprint density at radius 1 is 1.25 bits per heavy atom. The van der Waals surface area contributed by atoms with Gasteiger partial charge in [-0.05, 0) is 25.1 Å². The van der Waals surface area contributed by atoms with E-state index >= 15 is 0 Å². The second-order valence-electron chi connectivity index (χ2n) is 3.43. The molecule has 0 atom stereocenters. The summed E-state index contributed by atoms with van der Waals surface area (Å²) in [6.45, 7) is 1.84. The zero-order chi connectivity index (χ0) is 11.5. The molecule has 1 aromatic heterocycles. The topological polar surface area (TPSA) is 48.1 Å². The van der Waals surface area contributed by atoms with Gasteiger partial charge in [0.2, 0.25) is 0 Å². The molecular weight excluding hydrogens is 207 g/mol. The second kappa shape index (κ2) is 4.18. The Morgan fingerprint density at radius 2 is 2.06 bits per heavy atom. The number of nitrogen functional groups attached to an aromatic ring is 1. The van der Waals surface area contributed by atoms with Crippen molar-refractivity contribution in [2.75, 3.05) is 5.73 Å². The molecule has 0 saturated heterocycles. The normalized spacial score (nSPS) is 10.1. The van der Waals surface area contributed by atoms with Crippen molar-refractivity contribution in [3.63, 3.8) is 0 Å². The van der Waals surface area contributed by atoms with Crippen molar-refractivity contribution in [3.05, 3.63) is 48.0 Å². The minimum absolute atomic E-state index is 0.156. The maximum Gasteiger partial charge on any atom is 0.167 e. The number of benzene rings is 1. The number of halogens is 1. The average Bonchev–Trinajstić information content (AvgIpc) is 2.25. The zero-order valence-electron chi connectivity index (χ0n) is 8.77. The summed E-state index contributed by atoms with van der Waals surface area (Å²) in [5.41, 5.74) is 6.66. The van der Waals surface area contributed by atoms with Gasteiger partial charge in [-0.1, -0.05) is 0 Å². The molecule has 0 aliphatic heterocycles. The van der Waals surface area contributed by atoms with Gasteiger partial charge in [-0.15, -0.1) is 0 Å². The Bertz CT molecular complexity index is 514. The Balaban J connectivity index is 2.31. The first-order valence-corrected chi connectivity index (χ1v) is 4.80. The SMILES string of the molecule is Cc1cnccc1Oc1ccc(N)cc1F. The van der Waals surface area contributed by atoms with Crippen LogP contribution in [0.4, 0.5) is 10.1 Å². The summed E-state index contributed by atoms with van der Waals surface area (Å²) in [6.07, 6.45) is 3.25. The van der Waals surface area contributed by atoms with Crippen LogP contribution in [0.5, 0.6) is 11.5 Å². The van der Waals surface area contributed by atoms with Crippen LogP contribution in [-0.4, -0.2) is 4.98 Å². The monoisotopic (exact) mass is 218 g/mol. The van der Waals surface area contributed by atoms with Crippen molar-refractivity contribution < 1.29 is 9.13 Å². The molecule has 0 bridgehead atoms. The third kappa shape index (κ3) is 2.11. The van der Waals surface area contributed by atoms with Crippen LogP contribution in [0.2, 0.25) is 0 Å². The van der Waals surface area contributed by atoms with E-state index in [0.29, 0.717) is 11.4 Å². The summed E-state index contributed by atoms with van der Waals surface area (Å²) in [4.78, 5) is 3.93. The molecule has 2 N–H and O–H groups in total. The molecule has 0 unspecified atom stereocenters. The lowest BCUT2D eigenvalue weighted by Crippen LogP contribution is -1.93. The molecule has 3 nitrogen and oxygen atoms in total. The van der Waals surface area contributed by atoms with Crippen molar-refractivity contribution in [2.45, 2.75) is 6.92 Å². The van der Waals surface area contributed by atoms with Gasteiger partial charge in [0.05, 0.1) is 0 Å². The fourth-order valence-electron chi connectivity index (χ4n) is 1.29. The molecule has 0 aliphatic rings. The number of nitrogens with two attached hydrogens (primary N) is 1. The fraction of sp³-hybridized carbons (Fsp3) is 0.0833. The Labute approximate surface area is 92.7 Å². The molecule has 2 aromatic rings. The number of pyridine rings is 1. The average molecular weight is 218 g/mol. The van der Waals surface area contributed by atoms with Crippen molar-refractivity contribution in [2.24, 2.45) is 0 Å². The largest absolute Gasteiger partial charge is 0.454 e. The van der Waals surface area contributed by atoms with Gasteiger partial charge in [-0.3, -0.25) is 4.98 Å². The minimum Gasteiger partial charge on any atom is -0.454 e. The number of rotatable bonds is 2. The molecule has 82 valence electrons. The molecule has 0 spiro atoms. The van der Waals surface area contributed by atoms with Gasteiger partial charge in [0.15, 0.2) is 11.6 Å². The van der Waals surface area contributed by atoms with E-state index in [9.17, 15) is 4.39 Å². The second-order valence-corrected chi connectivity index (χ2v) is 3.43. The van der Waals surface area contributed by atoms with Gasteiger partial charge >= 0.3 is 0 Å². The molecule has 16 heavy (non-hydrogen) atoms. The molecule has 1 aromatic carbocycles. The molecule has 0 saturated carbocycles. The van der Waals surface area contributed by atoms with E-state index in [-0.39, 0.29) is 5.75 Å². The first-order valence-electron chi connectivity index (χ1n) is 4.80. The van der Waals surface area contributed by atoms with E-state index in [1.165, 1.54) is 12.1 Å². The number of anilines is 1. The highest BCUT2D eigenvalue weighted by Crippen LogP contribution is 2.27. The van der Waals surface area contributed by atoms with Crippen LogP contribution in [0, 0.1) is 12.7 Å². The van der Waals surface area contributed by atoms with Crippen LogP contribution in [-0.2, 0) is 0 Å². The molecule has 0 amide bonds. The van der Waals surface area contributed by atoms with Crippen molar-refractivity contribution in [1.82, 2.24) is 4.98 Å². The van der Waals surface area contributed by atoms with Crippen molar-refractivity contribution in [3.8, 4) is 11.5 Å². The summed E-state index contributed by atoms with van der Waals surface area (Å²) in [7, 11) is 0. The van der Waals surface area contributed by atoms with E-state index < -0.39 is 5.82 Å². The van der Waals surface area contributed by atoms with Gasteiger partial charge in [0, 0.05) is 29.7 Å². The van der Waals surface area contributed by atoms with Gasteiger partial charge < -0.3 is 10.5 Å². The number of aryl methyl sites for hydroxylation is 1. The quantitative estimate of drug-likeness (QED) is 0.788. The number of aromatic nitrogens is 1. The highest BCUT2D eigenvalue weighted by atomic mass is 19.1. The van der Waals surface area contributed by atoms with Crippen LogP contribution in [0.15, 0.2) is 36.7 Å². The Morgan fingerprint density at radius 3 is 2.75 bits per heavy atom. The molecule has 0 radical (unpaired) electrons. The maximum absolute atomic E-state index is 13.4. The number of nitrogens with zero attached hydrogens (tertiary/aromatic N) is 1. The lowest BCUT2D eigenvalue weighted by molar-refractivity contribution is 0.439. The maximum atomic E-state index is 13.4. The minimum atomic E-state index is -0.476. The molecular formula is C12H11FN2O. The van der Waals surface area contributed by atoms with E-state index in [0.717, 1.165) is 5.56 Å².